The first kappa shape index (κ1) is 22.1. The van der Waals surface area contributed by atoms with Gasteiger partial charge in [-0.15, -0.1) is 0 Å². The molecule has 1 atom stereocenters. The second-order valence-electron chi connectivity index (χ2n) is 6.45. The number of hydrogen-bond acceptors (Lipinski definition) is 5. The molecule has 0 fully saturated rings. The highest BCUT2D eigenvalue weighted by molar-refractivity contribution is 7.98. The number of benzene rings is 2. The second kappa shape index (κ2) is 9.47. The van der Waals surface area contributed by atoms with Crippen molar-refractivity contribution in [1.82, 2.24) is 5.32 Å². The molecule has 1 N–H and O–H groups in total. The van der Waals surface area contributed by atoms with Gasteiger partial charge in [0.25, 0.3) is 5.91 Å². The van der Waals surface area contributed by atoms with E-state index in [0.29, 0.717) is 39.5 Å². The Balaban J connectivity index is 1.52. The molecule has 1 aliphatic rings. The van der Waals surface area contributed by atoms with Crippen molar-refractivity contribution < 1.29 is 17.9 Å². The summed E-state index contributed by atoms with van der Waals surface area (Å²) in [5.74, 6) is 1.39. The fraction of sp³-hybridized carbons (Fsp3) is 0.316. The van der Waals surface area contributed by atoms with Crippen molar-refractivity contribution in [1.29, 1.82) is 0 Å². The van der Waals surface area contributed by atoms with Crippen molar-refractivity contribution in [2.24, 2.45) is 0 Å². The Kier molecular flexibility index (Phi) is 7.21. The third kappa shape index (κ3) is 5.72. The van der Waals surface area contributed by atoms with Gasteiger partial charge in [-0.3, -0.25) is 9.10 Å². The maximum absolute atomic E-state index is 12.5. The van der Waals surface area contributed by atoms with Crippen LogP contribution in [0.15, 0.2) is 42.5 Å². The highest BCUT2D eigenvalue weighted by atomic mass is 35.5. The minimum atomic E-state index is -3.53. The van der Waals surface area contributed by atoms with Gasteiger partial charge in [-0.05, 0) is 29.8 Å². The summed E-state index contributed by atoms with van der Waals surface area (Å²) in [7, 11) is -3.53. The molecule has 10 heteroatoms. The Bertz CT molecular complexity index is 1000. The molecule has 0 spiro atoms. The molecule has 0 bridgehead atoms. The first-order valence-electron chi connectivity index (χ1n) is 8.78. The van der Waals surface area contributed by atoms with E-state index in [2.05, 4.69) is 5.32 Å². The van der Waals surface area contributed by atoms with Crippen LogP contribution in [0.4, 0.5) is 5.69 Å². The smallest absolute Gasteiger partial charge is 0.263 e. The fourth-order valence-electron chi connectivity index (χ4n) is 2.83. The highest BCUT2D eigenvalue weighted by Crippen LogP contribution is 2.34. The van der Waals surface area contributed by atoms with Gasteiger partial charge in [0.2, 0.25) is 10.0 Å². The minimum absolute atomic E-state index is 0.0603. The monoisotopic (exact) mass is 474 g/mol. The molecule has 1 aliphatic heterocycles. The third-order valence-corrected chi connectivity index (χ3v) is 6.99. The van der Waals surface area contributed by atoms with Gasteiger partial charge in [-0.2, -0.15) is 11.8 Å². The quantitative estimate of drug-likeness (QED) is 0.620. The van der Waals surface area contributed by atoms with Gasteiger partial charge in [0.1, 0.15) is 5.75 Å². The van der Waals surface area contributed by atoms with Gasteiger partial charge in [0.05, 0.1) is 18.5 Å². The van der Waals surface area contributed by atoms with Gasteiger partial charge in [0.15, 0.2) is 6.10 Å². The van der Waals surface area contributed by atoms with Crippen LogP contribution in [0.3, 0.4) is 0 Å². The number of hydrogen-bond donors (Lipinski definition) is 1. The summed E-state index contributed by atoms with van der Waals surface area (Å²) in [5.41, 5.74) is 1.41. The van der Waals surface area contributed by atoms with Gasteiger partial charge in [-0.25, -0.2) is 8.42 Å². The summed E-state index contributed by atoms with van der Waals surface area (Å²) in [5, 5.41) is 4.01. The Labute approximate surface area is 184 Å². The van der Waals surface area contributed by atoms with E-state index in [1.54, 1.807) is 48.2 Å². The summed E-state index contributed by atoms with van der Waals surface area (Å²) in [6.45, 7) is 0.365. The molecule has 156 valence electrons. The highest BCUT2D eigenvalue weighted by Gasteiger charge is 2.34. The molecule has 1 amide bonds. The topological polar surface area (TPSA) is 75.7 Å². The maximum Gasteiger partial charge on any atom is 0.263 e. The van der Waals surface area contributed by atoms with Crippen molar-refractivity contribution in [3.63, 3.8) is 0 Å². The SMILES string of the molecule is CS(=O)(=O)N1CC(C(=O)NCCSCc2ccc(Cl)cc2Cl)Oc2ccccc21. The van der Waals surface area contributed by atoms with Crippen LogP contribution >= 0.6 is 35.0 Å². The van der Waals surface area contributed by atoms with Gasteiger partial charge >= 0.3 is 0 Å². The third-order valence-electron chi connectivity index (χ3n) is 4.25. The molecular formula is C19H20Cl2N2O4S2. The van der Waals surface area contributed by atoms with Crippen molar-refractivity contribution in [2.45, 2.75) is 11.9 Å². The van der Waals surface area contributed by atoms with Crippen LogP contribution in [0.5, 0.6) is 5.75 Å². The number of halogens is 2. The number of fused-ring (bicyclic) bond motifs is 1. The number of nitrogens with zero attached hydrogens (tertiary/aromatic N) is 1. The van der Waals surface area contributed by atoms with Crippen LogP contribution in [0, 0.1) is 0 Å². The molecular weight excluding hydrogens is 455 g/mol. The molecule has 1 heterocycles. The van der Waals surface area contributed by atoms with Crippen molar-refractivity contribution >= 4 is 56.6 Å². The molecule has 0 aromatic heterocycles. The number of carbonyl (C=O) groups excluding carboxylic acids is 1. The van der Waals surface area contributed by atoms with Crippen molar-refractivity contribution in [2.75, 3.05) is 29.4 Å². The predicted octanol–water partition coefficient (Wildman–Crippen LogP) is 3.57. The molecule has 6 nitrogen and oxygen atoms in total. The fourth-order valence-corrected chi connectivity index (χ4v) is 5.17. The summed E-state index contributed by atoms with van der Waals surface area (Å²) in [6, 6.07) is 12.1. The van der Waals surface area contributed by atoms with Gasteiger partial charge in [-0.1, -0.05) is 41.4 Å². The Morgan fingerprint density at radius 1 is 1.28 bits per heavy atom. The zero-order valence-corrected chi connectivity index (χ0v) is 18.7. The van der Waals surface area contributed by atoms with Crippen LogP contribution in [-0.2, 0) is 20.6 Å². The van der Waals surface area contributed by atoms with Crippen LogP contribution in [-0.4, -0.2) is 45.5 Å². The number of nitrogens with one attached hydrogen (secondary N) is 1. The van der Waals surface area contributed by atoms with E-state index in [1.165, 1.54) is 4.31 Å². The number of carbonyl (C=O) groups is 1. The standard InChI is InChI=1S/C19H20Cl2N2O4S2/c1-29(25,26)23-11-18(27-17-5-3-2-4-16(17)23)19(24)22-8-9-28-12-13-6-7-14(20)10-15(13)21/h2-7,10,18H,8-9,11-12H2,1H3,(H,22,24). The minimum Gasteiger partial charge on any atom is -0.476 e. The average Bonchev–Trinajstić information content (AvgIpc) is 2.67. The van der Waals surface area contributed by atoms with Crippen LogP contribution in [0.25, 0.3) is 0 Å². The summed E-state index contributed by atoms with van der Waals surface area (Å²) in [6.07, 6.45) is 0.207. The zero-order chi connectivity index (χ0) is 21.0. The van der Waals surface area contributed by atoms with Crippen molar-refractivity contribution in [3.05, 3.63) is 58.1 Å². The first-order chi connectivity index (χ1) is 13.8. The number of para-hydroxylation sites is 2. The lowest BCUT2D eigenvalue weighted by atomic mass is 10.2. The van der Waals surface area contributed by atoms with E-state index in [0.717, 1.165) is 11.8 Å². The molecule has 0 saturated heterocycles. The number of amides is 1. The van der Waals surface area contributed by atoms with E-state index < -0.39 is 16.1 Å². The molecule has 0 aliphatic carbocycles. The van der Waals surface area contributed by atoms with E-state index in [4.69, 9.17) is 27.9 Å². The Morgan fingerprint density at radius 3 is 2.76 bits per heavy atom. The van der Waals surface area contributed by atoms with Gasteiger partial charge < -0.3 is 10.1 Å². The van der Waals surface area contributed by atoms with E-state index in [-0.39, 0.29) is 12.5 Å². The number of thioether (sulfide) groups is 1. The largest absolute Gasteiger partial charge is 0.476 e. The lowest BCUT2D eigenvalue weighted by molar-refractivity contribution is -0.127. The second-order valence-corrected chi connectivity index (χ2v) is 10.3. The van der Waals surface area contributed by atoms with Crippen LogP contribution in [0.2, 0.25) is 10.0 Å². The normalized spacial score (nSPS) is 16.1. The molecule has 2 aromatic carbocycles. The molecule has 3 rings (SSSR count). The summed E-state index contributed by atoms with van der Waals surface area (Å²) in [4.78, 5) is 12.5. The summed E-state index contributed by atoms with van der Waals surface area (Å²) >= 11 is 13.7. The average molecular weight is 475 g/mol. The molecule has 29 heavy (non-hydrogen) atoms. The van der Waals surface area contributed by atoms with E-state index in [1.807, 2.05) is 6.07 Å². The van der Waals surface area contributed by atoms with Crippen LogP contribution < -0.4 is 14.4 Å². The lowest BCUT2D eigenvalue weighted by Gasteiger charge is -2.33. The van der Waals surface area contributed by atoms with Crippen molar-refractivity contribution in [3.8, 4) is 5.75 Å². The Hall–Kier alpha value is -1.61. The van der Waals surface area contributed by atoms with Gasteiger partial charge in [0, 0.05) is 28.1 Å². The van der Waals surface area contributed by atoms with E-state index in [9.17, 15) is 13.2 Å². The number of sulfonamides is 1. The number of anilines is 1. The first-order valence-corrected chi connectivity index (χ1v) is 12.5. The summed E-state index contributed by atoms with van der Waals surface area (Å²) < 4.78 is 31.2. The number of rotatable bonds is 7. The molecule has 0 saturated carbocycles. The lowest BCUT2D eigenvalue weighted by Crippen LogP contribution is -2.50. The zero-order valence-electron chi connectivity index (χ0n) is 15.6. The molecule has 1 unspecified atom stereocenters. The maximum atomic E-state index is 12.5. The Morgan fingerprint density at radius 2 is 2.03 bits per heavy atom. The van der Waals surface area contributed by atoms with Crippen LogP contribution in [0.1, 0.15) is 5.56 Å². The molecule has 0 radical (unpaired) electrons. The molecule has 2 aromatic rings. The van der Waals surface area contributed by atoms with E-state index >= 15 is 0 Å². The number of ether oxygens (including phenoxy) is 1. The predicted molar refractivity (Wildman–Crippen MR) is 119 cm³/mol.